The van der Waals surface area contributed by atoms with Gasteiger partial charge in [-0.2, -0.15) is 5.10 Å². The van der Waals surface area contributed by atoms with Gasteiger partial charge in [0.25, 0.3) is 0 Å². The maximum Gasteiger partial charge on any atom is 0.228 e. The molecule has 6 heteroatoms. The summed E-state index contributed by atoms with van der Waals surface area (Å²) in [6, 6.07) is 9.63. The predicted octanol–water partition coefficient (Wildman–Crippen LogP) is 2.50. The van der Waals surface area contributed by atoms with E-state index in [4.69, 9.17) is 4.52 Å². The number of aromatic nitrogens is 3. The summed E-state index contributed by atoms with van der Waals surface area (Å²) in [4.78, 5) is 14.6. The number of rotatable bonds is 3. The first-order chi connectivity index (χ1) is 11.3. The fraction of sp³-hybridized carbons (Fsp3) is 0.353. The average Bonchev–Trinajstić information content (AvgIpc) is 3.25. The molecule has 0 unspecified atom stereocenters. The van der Waals surface area contributed by atoms with Crippen LogP contribution in [0, 0.1) is 0 Å². The number of piperidine rings is 1. The van der Waals surface area contributed by atoms with Crippen molar-refractivity contribution in [3.05, 3.63) is 47.9 Å². The summed E-state index contributed by atoms with van der Waals surface area (Å²) in [5.41, 5.74) is 2.55. The fourth-order valence-corrected chi connectivity index (χ4v) is 3.27. The number of hydrogen-bond acceptors (Lipinski definition) is 4. The molecule has 1 atom stereocenters. The fourth-order valence-electron chi connectivity index (χ4n) is 3.27. The number of nitrogens with one attached hydrogen (secondary N) is 1. The normalized spacial score (nSPS) is 18.4. The van der Waals surface area contributed by atoms with E-state index in [2.05, 4.69) is 15.4 Å². The lowest BCUT2D eigenvalue weighted by atomic mass is 9.94. The molecule has 118 valence electrons. The number of para-hydroxylation sites is 1. The zero-order valence-corrected chi connectivity index (χ0v) is 12.7. The molecular formula is C17H18N4O2. The van der Waals surface area contributed by atoms with Gasteiger partial charge in [0.05, 0.1) is 6.42 Å². The summed E-state index contributed by atoms with van der Waals surface area (Å²) in [6.45, 7) is 1.54. The van der Waals surface area contributed by atoms with Crippen molar-refractivity contribution >= 4 is 16.9 Å². The van der Waals surface area contributed by atoms with Crippen molar-refractivity contribution in [2.75, 3.05) is 13.1 Å². The van der Waals surface area contributed by atoms with E-state index in [0.717, 1.165) is 42.6 Å². The number of benzene rings is 1. The molecule has 1 aliphatic heterocycles. The molecule has 0 bridgehead atoms. The molecule has 0 radical (unpaired) electrons. The molecule has 0 aliphatic carbocycles. The minimum Gasteiger partial charge on any atom is -0.356 e. The molecule has 1 amide bonds. The molecule has 1 N–H and O–H groups in total. The summed E-state index contributed by atoms with van der Waals surface area (Å²) < 4.78 is 5.28. The van der Waals surface area contributed by atoms with Gasteiger partial charge in [0.15, 0.2) is 5.58 Å². The van der Waals surface area contributed by atoms with Gasteiger partial charge in [0, 0.05) is 36.3 Å². The lowest BCUT2D eigenvalue weighted by Gasteiger charge is -2.32. The van der Waals surface area contributed by atoms with Gasteiger partial charge < -0.3 is 9.42 Å². The molecule has 0 spiro atoms. The van der Waals surface area contributed by atoms with Gasteiger partial charge in [-0.05, 0) is 31.0 Å². The Morgan fingerprint density at radius 3 is 3.13 bits per heavy atom. The molecule has 4 rings (SSSR count). The highest BCUT2D eigenvalue weighted by Gasteiger charge is 2.26. The average molecular weight is 310 g/mol. The van der Waals surface area contributed by atoms with Crippen LogP contribution in [0.25, 0.3) is 11.0 Å². The van der Waals surface area contributed by atoms with Crippen molar-refractivity contribution in [3.8, 4) is 0 Å². The van der Waals surface area contributed by atoms with E-state index in [-0.39, 0.29) is 12.3 Å². The van der Waals surface area contributed by atoms with E-state index in [1.807, 2.05) is 35.2 Å². The molecule has 2 aromatic heterocycles. The maximum absolute atomic E-state index is 12.6. The second-order valence-electron chi connectivity index (χ2n) is 5.99. The van der Waals surface area contributed by atoms with E-state index in [9.17, 15) is 4.79 Å². The topological polar surface area (TPSA) is 75.0 Å². The Balaban J connectivity index is 1.48. The van der Waals surface area contributed by atoms with Crippen LogP contribution < -0.4 is 0 Å². The Labute approximate surface area is 133 Å². The summed E-state index contributed by atoms with van der Waals surface area (Å²) in [5.74, 6) is 0.442. The van der Waals surface area contributed by atoms with Gasteiger partial charge >= 0.3 is 0 Å². The number of fused-ring (bicyclic) bond motifs is 1. The van der Waals surface area contributed by atoms with Gasteiger partial charge in [0.2, 0.25) is 5.91 Å². The van der Waals surface area contributed by atoms with E-state index in [0.29, 0.717) is 11.6 Å². The van der Waals surface area contributed by atoms with Crippen molar-refractivity contribution in [2.45, 2.75) is 25.2 Å². The Hall–Kier alpha value is -2.63. The summed E-state index contributed by atoms with van der Waals surface area (Å²) >= 11 is 0. The third kappa shape index (κ3) is 2.72. The highest BCUT2D eigenvalue weighted by molar-refractivity contribution is 5.86. The summed E-state index contributed by atoms with van der Waals surface area (Å²) in [5, 5.41) is 12.0. The molecule has 23 heavy (non-hydrogen) atoms. The molecule has 3 aromatic rings. The molecule has 0 saturated carbocycles. The van der Waals surface area contributed by atoms with Crippen molar-refractivity contribution in [3.63, 3.8) is 0 Å². The first-order valence-electron chi connectivity index (χ1n) is 7.91. The van der Waals surface area contributed by atoms with Crippen molar-refractivity contribution < 1.29 is 9.32 Å². The molecule has 1 aromatic carbocycles. The van der Waals surface area contributed by atoms with Crippen LogP contribution in [0.1, 0.15) is 30.1 Å². The number of amides is 1. The first kappa shape index (κ1) is 14.0. The number of aromatic amines is 1. The summed E-state index contributed by atoms with van der Waals surface area (Å²) in [7, 11) is 0. The van der Waals surface area contributed by atoms with Crippen LogP contribution in [-0.2, 0) is 11.2 Å². The summed E-state index contributed by atoms with van der Waals surface area (Å²) in [6.07, 6.45) is 4.14. The minimum atomic E-state index is 0.105. The van der Waals surface area contributed by atoms with E-state index < -0.39 is 0 Å². The van der Waals surface area contributed by atoms with Crippen LogP contribution in [0.5, 0.6) is 0 Å². The SMILES string of the molecule is O=C(Cc1noc2ccccc12)N1CCC[C@H](c2ccn[nH]2)C1. The van der Waals surface area contributed by atoms with Crippen LogP contribution in [0.15, 0.2) is 41.1 Å². The molecule has 1 aliphatic rings. The van der Waals surface area contributed by atoms with Gasteiger partial charge in [-0.25, -0.2) is 0 Å². The smallest absolute Gasteiger partial charge is 0.228 e. The second-order valence-corrected chi connectivity index (χ2v) is 5.99. The third-order valence-electron chi connectivity index (χ3n) is 4.51. The van der Waals surface area contributed by atoms with Gasteiger partial charge in [-0.1, -0.05) is 17.3 Å². The second kappa shape index (κ2) is 5.87. The van der Waals surface area contributed by atoms with Crippen molar-refractivity contribution in [1.82, 2.24) is 20.3 Å². The number of nitrogens with zero attached hydrogens (tertiary/aromatic N) is 3. The number of H-pyrrole nitrogens is 1. The van der Waals surface area contributed by atoms with E-state index >= 15 is 0 Å². The molecule has 1 fully saturated rings. The first-order valence-corrected chi connectivity index (χ1v) is 7.91. The largest absolute Gasteiger partial charge is 0.356 e. The van der Waals surface area contributed by atoms with Gasteiger partial charge in [-0.3, -0.25) is 9.89 Å². The van der Waals surface area contributed by atoms with Gasteiger partial charge in [0.1, 0.15) is 5.69 Å². The van der Waals surface area contributed by atoms with Crippen LogP contribution >= 0.6 is 0 Å². The highest BCUT2D eigenvalue weighted by Crippen LogP contribution is 2.26. The number of carbonyl (C=O) groups is 1. The molecule has 3 heterocycles. The van der Waals surface area contributed by atoms with Crippen LogP contribution in [-0.4, -0.2) is 39.3 Å². The van der Waals surface area contributed by atoms with Crippen LogP contribution in [0.2, 0.25) is 0 Å². The van der Waals surface area contributed by atoms with Gasteiger partial charge in [-0.15, -0.1) is 0 Å². The quantitative estimate of drug-likeness (QED) is 0.806. The zero-order chi connectivity index (χ0) is 15.6. The van der Waals surface area contributed by atoms with Crippen molar-refractivity contribution in [1.29, 1.82) is 0 Å². The zero-order valence-electron chi connectivity index (χ0n) is 12.7. The molecule has 6 nitrogen and oxygen atoms in total. The molecular weight excluding hydrogens is 292 g/mol. The number of carbonyl (C=O) groups excluding carboxylic acids is 1. The Morgan fingerprint density at radius 1 is 1.35 bits per heavy atom. The monoisotopic (exact) mass is 310 g/mol. The third-order valence-corrected chi connectivity index (χ3v) is 4.51. The van der Waals surface area contributed by atoms with Crippen molar-refractivity contribution in [2.24, 2.45) is 0 Å². The minimum absolute atomic E-state index is 0.105. The standard InChI is InChI=1S/C17H18N4O2/c22-17(10-15-13-5-1-2-6-16(13)23-20-15)21-9-3-4-12(11-21)14-7-8-18-19-14/h1-2,5-8,12H,3-4,9-11H2,(H,18,19)/t12-/m0/s1. The lowest BCUT2D eigenvalue weighted by Crippen LogP contribution is -2.40. The highest BCUT2D eigenvalue weighted by atomic mass is 16.5. The lowest BCUT2D eigenvalue weighted by molar-refractivity contribution is -0.131. The van der Waals surface area contributed by atoms with Crippen LogP contribution in [0.3, 0.4) is 0 Å². The van der Waals surface area contributed by atoms with Crippen LogP contribution in [0.4, 0.5) is 0 Å². The van der Waals surface area contributed by atoms with E-state index in [1.165, 1.54) is 0 Å². The van der Waals surface area contributed by atoms with E-state index in [1.54, 1.807) is 6.20 Å². The number of hydrogen-bond donors (Lipinski definition) is 1. The Bertz CT molecular complexity index is 809. The molecule has 1 saturated heterocycles. The number of likely N-dealkylation sites (tertiary alicyclic amines) is 1. The predicted molar refractivity (Wildman–Crippen MR) is 84.9 cm³/mol. The Kier molecular flexibility index (Phi) is 3.57. The Morgan fingerprint density at radius 2 is 2.26 bits per heavy atom. The maximum atomic E-state index is 12.6.